The second-order valence-electron chi connectivity index (χ2n) is 8.24. The summed E-state index contributed by atoms with van der Waals surface area (Å²) in [5, 5.41) is 8.02. The lowest BCUT2D eigenvalue weighted by Gasteiger charge is -2.34. The number of aromatic nitrogens is 2. The predicted molar refractivity (Wildman–Crippen MR) is 114 cm³/mol. The van der Waals surface area contributed by atoms with Gasteiger partial charge in [-0.25, -0.2) is 4.68 Å². The zero-order valence-electron chi connectivity index (χ0n) is 16.5. The van der Waals surface area contributed by atoms with Crippen LogP contribution >= 0.6 is 11.6 Å². The topological polar surface area (TPSA) is 67.2 Å². The molecule has 1 unspecified atom stereocenters. The Balaban J connectivity index is 1.30. The number of carbonyl (C=O) groups excluding carboxylic acids is 1. The van der Waals surface area contributed by atoms with E-state index in [0.29, 0.717) is 23.9 Å². The Morgan fingerprint density at radius 3 is 2.83 bits per heavy atom. The summed E-state index contributed by atoms with van der Waals surface area (Å²) in [4.78, 5) is 26.9. The van der Waals surface area contributed by atoms with Crippen LogP contribution in [0.3, 0.4) is 0 Å². The lowest BCUT2D eigenvalue weighted by molar-refractivity contribution is -0.122. The molecular weight excluding hydrogens is 388 g/mol. The molecule has 0 bridgehead atoms. The van der Waals surface area contributed by atoms with Gasteiger partial charge in [0, 0.05) is 43.7 Å². The summed E-state index contributed by atoms with van der Waals surface area (Å²) >= 11 is 5.99. The first-order valence-electron chi connectivity index (χ1n) is 10.4. The molecule has 1 aromatic carbocycles. The highest BCUT2D eigenvalue weighted by Crippen LogP contribution is 2.30. The number of nitrogens with zero attached hydrogens (tertiary/aromatic N) is 3. The highest BCUT2D eigenvalue weighted by Gasteiger charge is 2.25. The number of rotatable bonds is 7. The van der Waals surface area contributed by atoms with Crippen LogP contribution in [0.5, 0.6) is 0 Å². The number of carbonyl (C=O) groups is 1. The maximum atomic E-state index is 12.4. The molecule has 1 aromatic heterocycles. The van der Waals surface area contributed by atoms with Crippen LogP contribution in [0.4, 0.5) is 5.69 Å². The van der Waals surface area contributed by atoms with E-state index in [9.17, 15) is 9.59 Å². The van der Waals surface area contributed by atoms with Gasteiger partial charge >= 0.3 is 0 Å². The van der Waals surface area contributed by atoms with E-state index in [2.05, 4.69) is 15.3 Å². The highest BCUT2D eigenvalue weighted by atomic mass is 35.5. The third-order valence-electron chi connectivity index (χ3n) is 5.72. The normalized spacial score (nSPS) is 19.2. The second kappa shape index (κ2) is 8.99. The van der Waals surface area contributed by atoms with Gasteiger partial charge in [-0.2, -0.15) is 5.10 Å². The molecule has 1 aliphatic heterocycles. The molecule has 1 saturated heterocycles. The van der Waals surface area contributed by atoms with Gasteiger partial charge in [0.2, 0.25) is 5.91 Å². The first-order valence-corrected chi connectivity index (χ1v) is 10.8. The van der Waals surface area contributed by atoms with Gasteiger partial charge < -0.3 is 10.2 Å². The second-order valence-corrected chi connectivity index (χ2v) is 8.68. The molecule has 1 amide bonds. The molecule has 1 saturated carbocycles. The number of piperidine rings is 1. The summed E-state index contributed by atoms with van der Waals surface area (Å²) in [5.41, 5.74) is 1.83. The minimum Gasteiger partial charge on any atom is -0.370 e. The molecular formula is C22H27ClN4O2. The smallest absolute Gasteiger partial charge is 0.268 e. The maximum Gasteiger partial charge on any atom is 0.268 e. The van der Waals surface area contributed by atoms with Crippen LogP contribution in [0, 0.1) is 11.8 Å². The van der Waals surface area contributed by atoms with E-state index in [1.54, 1.807) is 16.9 Å². The largest absolute Gasteiger partial charge is 0.370 e. The molecule has 1 N–H and O–H groups in total. The fourth-order valence-corrected chi connectivity index (χ4v) is 4.14. The molecule has 2 heterocycles. The Bertz CT molecular complexity index is 925. The lowest BCUT2D eigenvalue weighted by atomic mass is 9.94. The number of anilines is 1. The maximum absolute atomic E-state index is 12.4. The summed E-state index contributed by atoms with van der Waals surface area (Å²) < 4.78 is 1.58. The molecule has 29 heavy (non-hydrogen) atoms. The Labute approximate surface area is 175 Å². The molecule has 0 spiro atoms. The molecule has 154 valence electrons. The van der Waals surface area contributed by atoms with Crippen molar-refractivity contribution >= 4 is 23.2 Å². The van der Waals surface area contributed by atoms with Crippen molar-refractivity contribution in [3.8, 4) is 0 Å². The van der Waals surface area contributed by atoms with Gasteiger partial charge in [-0.3, -0.25) is 9.59 Å². The van der Waals surface area contributed by atoms with Gasteiger partial charge in [0.05, 0.1) is 11.9 Å². The van der Waals surface area contributed by atoms with Crippen LogP contribution < -0.4 is 15.8 Å². The van der Waals surface area contributed by atoms with Gasteiger partial charge in [-0.15, -0.1) is 0 Å². The van der Waals surface area contributed by atoms with E-state index in [4.69, 9.17) is 11.6 Å². The fourth-order valence-electron chi connectivity index (χ4n) is 3.93. The number of amides is 1. The monoisotopic (exact) mass is 414 g/mol. The molecule has 2 fully saturated rings. The van der Waals surface area contributed by atoms with E-state index in [0.717, 1.165) is 43.7 Å². The summed E-state index contributed by atoms with van der Waals surface area (Å²) in [6.07, 6.45) is 6.71. The van der Waals surface area contributed by atoms with E-state index in [1.807, 2.05) is 24.3 Å². The predicted octanol–water partition coefficient (Wildman–Crippen LogP) is 3.23. The summed E-state index contributed by atoms with van der Waals surface area (Å²) in [6, 6.07) is 9.21. The lowest BCUT2D eigenvalue weighted by Crippen LogP contribution is -2.38. The third-order valence-corrected chi connectivity index (χ3v) is 5.96. The zero-order valence-corrected chi connectivity index (χ0v) is 17.3. The van der Waals surface area contributed by atoms with Crippen molar-refractivity contribution in [3.63, 3.8) is 0 Å². The summed E-state index contributed by atoms with van der Waals surface area (Å²) in [5.74, 6) is 0.947. The number of hydrogen-bond acceptors (Lipinski definition) is 4. The molecule has 2 aliphatic rings. The minimum atomic E-state index is -0.0317. The van der Waals surface area contributed by atoms with Crippen LogP contribution in [0.2, 0.25) is 5.02 Å². The summed E-state index contributed by atoms with van der Waals surface area (Å²) in [7, 11) is 0. The van der Waals surface area contributed by atoms with Gasteiger partial charge in [-0.1, -0.05) is 23.7 Å². The molecule has 0 radical (unpaired) electrons. The SMILES string of the molecule is O=C(CC1CCCN(c2cnn(CC3CC3)c(=O)c2)C1)NCc1cccc(Cl)c1. The van der Waals surface area contributed by atoms with Gasteiger partial charge in [0.15, 0.2) is 0 Å². The average Bonchev–Trinajstić information content (AvgIpc) is 3.52. The van der Waals surface area contributed by atoms with Gasteiger partial charge in [0.25, 0.3) is 5.56 Å². The Hall–Kier alpha value is -2.34. The van der Waals surface area contributed by atoms with Crippen molar-refractivity contribution < 1.29 is 4.79 Å². The summed E-state index contributed by atoms with van der Waals surface area (Å²) in [6.45, 7) is 2.89. The molecule has 6 nitrogen and oxygen atoms in total. The van der Waals surface area contributed by atoms with E-state index in [1.165, 1.54) is 12.8 Å². The van der Waals surface area contributed by atoms with Crippen molar-refractivity contribution in [1.82, 2.24) is 15.1 Å². The van der Waals surface area contributed by atoms with Crippen LogP contribution in [0.25, 0.3) is 0 Å². The van der Waals surface area contributed by atoms with Crippen molar-refractivity contribution in [2.24, 2.45) is 11.8 Å². The quantitative estimate of drug-likeness (QED) is 0.755. The van der Waals surface area contributed by atoms with Crippen LogP contribution in [-0.2, 0) is 17.9 Å². The number of benzene rings is 1. The van der Waals surface area contributed by atoms with Crippen LogP contribution in [0.15, 0.2) is 41.3 Å². The highest BCUT2D eigenvalue weighted by molar-refractivity contribution is 6.30. The minimum absolute atomic E-state index is 0.0317. The third kappa shape index (κ3) is 5.60. The average molecular weight is 415 g/mol. The van der Waals surface area contributed by atoms with Crippen molar-refractivity contribution in [2.75, 3.05) is 18.0 Å². The number of hydrogen-bond donors (Lipinski definition) is 1. The molecule has 4 rings (SSSR count). The zero-order chi connectivity index (χ0) is 20.2. The van der Waals surface area contributed by atoms with Crippen molar-refractivity contribution in [2.45, 2.75) is 45.2 Å². The fraction of sp³-hybridized carbons (Fsp3) is 0.500. The first kappa shape index (κ1) is 20.0. The van der Waals surface area contributed by atoms with E-state index >= 15 is 0 Å². The Morgan fingerprint density at radius 2 is 2.07 bits per heavy atom. The first-order chi connectivity index (χ1) is 14.1. The Morgan fingerprint density at radius 1 is 1.21 bits per heavy atom. The molecule has 1 aliphatic carbocycles. The number of nitrogens with one attached hydrogen (secondary N) is 1. The molecule has 2 aromatic rings. The van der Waals surface area contributed by atoms with Crippen molar-refractivity contribution in [1.29, 1.82) is 0 Å². The van der Waals surface area contributed by atoms with E-state index in [-0.39, 0.29) is 17.4 Å². The van der Waals surface area contributed by atoms with Crippen LogP contribution in [0.1, 0.15) is 37.7 Å². The van der Waals surface area contributed by atoms with E-state index < -0.39 is 0 Å². The number of halogens is 1. The van der Waals surface area contributed by atoms with Crippen molar-refractivity contribution in [3.05, 3.63) is 57.5 Å². The molecule has 7 heteroatoms. The van der Waals surface area contributed by atoms with Gasteiger partial charge in [0.1, 0.15) is 0 Å². The molecule has 1 atom stereocenters. The van der Waals surface area contributed by atoms with Gasteiger partial charge in [-0.05, 0) is 55.2 Å². The van der Waals surface area contributed by atoms with Crippen LogP contribution in [-0.4, -0.2) is 28.8 Å². The standard InChI is InChI=1S/C22H27ClN4O2/c23-19-5-1-3-17(9-19)12-24-21(28)10-18-4-2-8-26(14-18)20-11-22(29)27(25-13-20)15-16-6-7-16/h1,3,5,9,11,13,16,18H,2,4,6-8,10,12,14-15H2,(H,24,28). The Kier molecular flexibility index (Phi) is 6.19.